The van der Waals surface area contributed by atoms with E-state index in [1.54, 1.807) is 12.1 Å². The van der Waals surface area contributed by atoms with Crippen LogP contribution in [-0.2, 0) is 0 Å². The topological polar surface area (TPSA) is 84.2 Å². The highest BCUT2D eigenvalue weighted by Crippen LogP contribution is 2.20. The molecule has 0 unspecified atom stereocenters. The van der Waals surface area contributed by atoms with Crippen LogP contribution >= 0.6 is 15.9 Å². The number of rotatable bonds is 1. The van der Waals surface area contributed by atoms with Gasteiger partial charge in [-0.2, -0.15) is 0 Å². The van der Waals surface area contributed by atoms with Gasteiger partial charge in [-0.3, -0.25) is 10.2 Å². The third-order valence-electron chi connectivity index (χ3n) is 2.36. The van der Waals surface area contributed by atoms with E-state index in [2.05, 4.69) is 21.4 Å². The SMILES string of the molecule is NC(=O)NNC(=O)c1ccc2cc(Br)ccc2c1. The second-order valence-electron chi connectivity index (χ2n) is 3.65. The van der Waals surface area contributed by atoms with Crippen LogP contribution in [0.4, 0.5) is 4.79 Å². The Kier molecular flexibility index (Phi) is 3.47. The zero-order valence-electron chi connectivity index (χ0n) is 9.24. The average Bonchev–Trinajstić information content (AvgIpc) is 2.35. The number of hydrogen-bond donors (Lipinski definition) is 3. The third-order valence-corrected chi connectivity index (χ3v) is 2.86. The van der Waals surface area contributed by atoms with Crippen molar-refractivity contribution in [1.82, 2.24) is 10.9 Å². The van der Waals surface area contributed by atoms with Gasteiger partial charge < -0.3 is 5.73 Å². The van der Waals surface area contributed by atoms with Crippen molar-refractivity contribution in [1.29, 1.82) is 0 Å². The summed E-state index contributed by atoms with van der Waals surface area (Å²) in [6.45, 7) is 0. The van der Waals surface area contributed by atoms with Crippen molar-refractivity contribution in [3.8, 4) is 0 Å². The molecule has 0 bridgehead atoms. The summed E-state index contributed by atoms with van der Waals surface area (Å²) in [5.74, 6) is -0.418. The fourth-order valence-electron chi connectivity index (χ4n) is 1.55. The lowest BCUT2D eigenvalue weighted by Gasteiger charge is -2.06. The molecule has 0 saturated heterocycles. The summed E-state index contributed by atoms with van der Waals surface area (Å²) in [5.41, 5.74) is 9.53. The molecule has 0 spiro atoms. The molecule has 0 aliphatic carbocycles. The van der Waals surface area contributed by atoms with Crippen molar-refractivity contribution in [2.45, 2.75) is 0 Å². The van der Waals surface area contributed by atoms with Crippen molar-refractivity contribution in [2.75, 3.05) is 0 Å². The monoisotopic (exact) mass is 307 g/mol. The molecule has 2 aromatic rings. The first kappa shape index (κ1) is 12.4. The van der Waals surface area contributed by atoms with E-state index in [1.165, 1.54) is 0 Å². The molecule has 92 valence electrons. The molecular weight excluding hydrogens is 298 g/mol. The van der Waals surface area contributed by atoms with Gasteiger partial charge in [-0.05, 0) is 35.0 Å². The number of nitrogens with one attached hydrogen (secondary N) is 2. The van der Waals surface area contributed by atoms with E-state index in [9.17, 15) is 9.59 Å². The first-order valence-corrected chi connectivity index (χ1v) is 5.90. The van der Waals surface area contributed by atoms with Crippen LogP contribution in [0.2, 0.25) is 0 Å². The number of benzene rings is 2. The summed E-state index contributed by atoms with van der Waals surface area (Å²) in [6.07, 6.45) is 0. The number of urea groups is 1. The minimum atomic E-state index is -0.812. The molecule has 4 N–H and O–H groups in total. The van der Waals surface area contributed by atoms with E-state index < -0.39 is 11.9 Å². The van der Waals surface area contributed by atoms with Crippen LogP contribution in [-0.4, -0.2) is 11.9 Å². The second-order valence-corrected chi connectivity index (χ2v) is 4.57. The highest BCUT2D eigenvalue weighted by atomic mass is 79.9. The summed E-state index contributed by atoms with van der Waals surface area (Å²) in [4.78, 5) is 22.1. The number of hydrazine groups is 1. The molecule has 0 atom stereocenters. The summed E-state index contributed by atoms with van der Waals surface area (Å²) in [5, 5.41) is 1.95. The second kappa shape index (κ2) is 5.05. The summed E-state index contributed by atoms with van der Waals surface area (Å²) in [7, 11) is 0. The number of carbonyl (C=O) groups is 2. The molecule has 2 rings (SSSR count). The minimum Gasteiger partial charge on any atom is -0.350 e. The molecule has 0 aliphatic heterocycles. The number of fused-ring (bicyclic) bond motifs is 1. The zero-order valence-corrected chi connectivity index (χ0v) is 10.8. The number of amides is 3. The lowest BCUT2D eigenvalue weighted by Crippen LogP contribution is -2.44. The smallest absolute Gasteiger partial charge is 0.330 e. The number of nitrogens with two attached hydrogens (primary N) is 1. The summed E-state index contributed by atoms with van der Waals surface area (Å²) >= 11 is 3.38. The van der Waals surface area contributed by atoms with Crippen LogP contribution in [0.15, 0.2) is 40.9 Å². The van der Waals surface area contributed by atoms with Crippen LogP contribution in [0, 0.1) is 0 Å². The summed E-state index contributed by atoms with van der Waals surface area (Å²) < 4.78 is 0.975. The molecular formula is C12H10BrN3O2. The first-order chi connectivity index (χ1) is 8.56. The largest absolute Gasteiger partial charge is 0.350 e. The molecule has 2 aromatic carbocycles. The Morgan fingerprint density at radius 1 is 1.00 bits per heavy atom. The van der Waals surface area contributed by atoms with Gasteiger partial charge in [0.1, 0.15) is 0 Å². The maximum atomic E-state index is 11.7. The highest BCUT2D eigenvalue weighted by molar-refractivity contribution is 9.10. The van der Waals surface area contributed by atoms with Gasteiger partial charge in [0.2, 0.25) is 0 Å². The predicted octanol–water partition coefficient (Wildman–Crippen LogP) is 1.92. The minimum absolute atomic E-state index is 0.418. The highest BCUT2D eigenvalue weighted by Gasteiger charge is 2.06. The van der Waals surface area contributed by atoms with Crippen LogP contribution in [0.25, 0.3) is 10.8 Å². The van der Waals surface area contributed by atoms with E-state index >= 15 is 0 Å². The number of carbonyl (C=O) groups excluding carboxylic acids is 2. The van der Waals surface area contributed by atoms with Crippen LogP contribution < -0.4 is 16.6 Å². The van der Waals surface area contributed by atoms with Gasteiger partial charge in [-0.25, -0.2) is 10.2 Å². The quantitative estimate of drug-likeness (QED) is 0.703. The summed E-state index contributed by atoms with van der Waals surface area (Å²) in [6, 6.07) is 10.2. The Labute approximate surface area is 111 Å². The lowest BCUT2D eigenvalue weighted by atomic mass is 10.1. The van der Waals surface area contributed by atoms with Gasteiger partial charge in [-0.15, -0.1) is 0 Å². The van der Waals surface area contributed by atoms with Gasteiger partial charge in [0.05, 0.1) is 0 Å². The van der Waals surface area contributed by atoms with Crippen molar-refractivity contribution in [2.24, 2.45) is 5.73 Å². The fourth-order valence-corrected chi connectivity index (χ4v) is 1.93. The average molecular weight is 308 g/mol. The van der Waals surface area contributed by atoms with Crippen LogP contribution in [0.5, 0.6) is 0 Å². The van der Waals surface area contributed by atoms with Gasteiger partial charge in [0.15, 0.2) is 0 Å². The van der Waals surface area contributed by atoms with E-state index in [0.29, 0.717) is 5.56 Å². The van der Waals surface area contributed by atoms with Crippen LogP contribution in [0.3, 0.4) is 0 Å². The molecule has 0 aliphatic rings. The molecule has 0 saturated carbocycles. The molecule has 0 fully saturated rings. The number of halogens is 1. The van der Waals surface area contributed by atoms with E-state index in [0.717, 1.165) is 15.2 Å². The van der Waals surface area contributed by atoms with Gasteiger partial charge in [0, 0.05) is 10.0 Å². The Morgan fingerprint density at radius 3 is 2.39 bits per heavy atom. The van der Waals surface area contributed by atoms with E-state index in [-0.39, 0.29) is 0 Å². The Balaban J connectivity index is 2.27. The molecule has 5 nitrogen and oxygen atoms in total. The zero-order chi connectivity index (χ0) is 13.1. The van der Waals surface area contributed by atoms with Gasteiger partial charge >= 0.3 is 6.03 Å². The molecule has 6 heteroatoms. The van der Waals surface area contributed by atoms with Crippen molar-refractivity contribution < 1.29 is 9.59 Å². The predicted molar refractivity (Wildman–Crippen MR) is 71.8 cm³/mol. The molecule has 0 radical (unpaired) electrons. The molecule has 3 amide bonds. The Bertz CT molecular complexity index is 628. The molecule has 0 aromatic heterocycles. The van der Waals surface area contributed by atoms with Crippen molar-refractivity contribution >= 4 is 38.6 Å². The maximum Gasteiger partial charge on any atom is 0.330 e. The van der Waals surface area contributed by atoms with Crippen LogP contribution in [0.1, 0.15) is 10.4 Å². The van der Waals surface area contributed by atoms with E-state index in [1.807, 2.05) is 29.7 Å². The Hall–Kier alpha value is -2.08. The lowest BCUT2D eigenvalue weighted by molar-refractivity contribution is 0.0937. The Morgan fingerprint density at radius 2 is 1.67 bits per heavy atom. The molecule has 0 heterocycles. The maximum absolute atomic E-state index is 11.7. The standard InChI is InChI=1S/C12H10BrN3O2/c13-10-4-3-7-5-9(2-1-8(7)6-10)11(17)15-16-12(14)18/h1-6H,(H,15,17)(H3,14,16,18). The first-order valence-electron chi connectivity index (χ1n) is 5.11. The van der Waals surface area contributed by atoms with Crippen molar-refractivity contribution in [3.05, 3.63) is 46.4 Å². The van der Waals surface area contributed by atoms with E-state index in [4.69, 9.17) is 5.73 Å². The van der Waals surface area contributed by atoms with Gasteiger partial charge in [0.25, 0.3) is 5.91 Å². The normalized spacial score (nSPS) is 10.1. The number of primary amides is 1. The fraction of sp³-hybridized carbons (Fsp3) is 0. The van der Waals surface area contributed by atoms with Crippen molar-refractivity contribution in [3.63, 3.8) is 0 Å². The molecule has 18 heavy (non-hydrogen) atoms. The third kappa shape index (κ3) is 2.78. The van der Waals surface area contributed by atoms with Gasteiger partial charge in [-0.1, -0.05) is 28.1 Å². The number of hydrogen-bond acceptors (Lipinski definition) is 2.